The summed E-state index contributed by atoms with van der Waals surface area (Å²) in [7, 11) is 0. The highest BCUT2D eigenvalue weighted by atomic mass is 16.6. The van der Waals surface area contributed by atoms with Gasteiger partial charge in [0.1, 0.15) is 5.75 Å². The van der Waals surface area contributed by atoms with E-state index in [4.69, 9.17) is 9.15 Å². The van der Waals surface area contributed by atoms with Crippen LogP contribution in [-0.4, -0.2) is 21.6 Å². The fraction of sp³-hybridized carbons (Fsp3) is 0.235. The maximum Gasteiger partial charge on any atom is 0.311 e. The minimum atomic E-state index is -0.501. The summed E-state index contributed by atoms with van der Waals surface area (Å²) in [5.41, 5.74) is 1.01. The van der Waals surface area contributed by atoms with E-state index in [-0.39, 0.29) is 29.0 Å². The van der Waals surface area contributed by atoms with Gasteiger partial charge in [-0.1, -0.05) is 19.9 Å². The van der Waals surface area contributed by atoms with E-state index in [0.29, 0.717) is 23.3 Å². The van der Waals surface area contributed by atoms with Crippen LogP contribution in [0.15, 0.2) is 40.8 Å². The van der Waals surface area contributed by atoms with Crippen LogP contribution < -0.4 is 4.74 Å². The van der Waals surface area contributed by atoms with Crippen molar-refractivity contribution in [1.82, 2.24) is 4.98 Å². The maximum atomic E-state index is 11.3. The highest BCUT2D eigenvalue weighted by Crippen LogP contribution is 2.34. The number of nitrogens with zero attached hydrogens (tertiary/aromatic N) is 2. The van der Waals surface area contributed by atoms with Crippen LogP contribution in [0.2, 0.25) is 0 Å². The van der Waals surface area contributed by atoms with Crippen LogP contribution in [0.25, 0.3) is 22.6 Å². The number of rotatable bonds is 5. The smallest absolute Gasteiger partial charge is 0.311 e. The Labute approximate surface area is 137 Å². The summed E-state index contributed by atoms with van der Waals surface area (Å²) in [6, 6.07) is 9.34. The number of phenolic OH excluding ortho intramolecular Hbond substituents is 1. The van der Waals surface area contributed by atoms with Crippen molar-refractivity contribution in [2.24, 2.45) is 5.92 Å². The van der Waals surface area contributed by atoms with Crippen LogP contribution >= 0.6 is 0 Å². The van der Waals surface area contributed by atoms with Gasteiger partial charge in [0.15, 0.2) is 16.8 Å². The van der Waals surface area contributed by atoms with Crippen molar-refractivity contribution < 1.29 is 19.2 Å². The lowest BCUT2D eigenvalue weighted by molar-refractivity contribution is -0.385. The normalized spacial score (nSPS) is 11.1. The molecule has 2 aromatic carbocycles. The SMILES string of the molecule is CC(C)COc1ccc(-c2nc3c(O)cccc3o2)cc1[N+](=O)[O-]. The summed E-state index contributed by atoms with van der Waals surface area (Å²) in [5.74, 6) is 0.652. The number of ether oxygens (including phenoxy) is 1. The van der Waals surface area contributed by atoms with Gasteiger partial charge >= 0.3 is 5.69 Å². The summed E-state index contributed by atoms with van der Waals surface area (Å²) in [4.78, 5) is 15.0. The standard InChI is InChI=1S/C17H16N2O5/c1-10(2)9-23-14-7-6-11(8-12(14)19(21)22)17-18-16-13(20)4-3-5-15(16)24-17/h3-8,10,20H,9H2,1-2H3. The van der Waals surface area contributed by atoms with Gasteiger partial charge in [0.2, 0.25) is 5.89 Å². The molecule has 0 unspecified atom stereocenters. The molecule has 7 heteroatoms. The lowest BCUT2D eigenvalue weighted by atomic mass is 10.2. The van der Waals surface area contributed by atoms with Crippen molar-refractivity contribution in [3.8, 4) is 23.0 Å². The number of benzene rings is 2. The minimum Gasteiger partial charge on any atom is -0.506 e. The molecule has 0 amide bonds. The molecular formula is C17H16N2O5. The number of nitro benzene ring substituents is 1. The molecule has 0 aliphatic rings. The predicted molar refractivity (Wildman–Crippen MR) is 88.1 cm³/mol. The third-order valence-corrected chi connectivity index (χ3v) is 3.37. The molecule has 0 aliphatic carbocycles. The van der Waals surface area contributed by atoms with E-state index >= 15 is 0 Å². The summed E-state index contributed by atoms with van der Waals surface area (Å²) < 4.78 is 11.1. The first-order valence-electron chi connectivity index (χ1n) is 7.46. The Bertz CT molecular complexity index is 901. The van der Waals surface area contributed by atoms with Gasteiger partial charge in [-0.15, -0.1) is 0 Å². The third-order valence-electron chi connectivity index (χ3n) is 3.37. The zero-order valence-corrected chi connectivity index (χ0v) is 13.2. The molecule has 24 heavy (non-hydrogen) atoms. The summed E-state index contributed by atoms with van der Waals surface area (Å²) >= 11 is 0. The largest absolute Gasteiger partial charge is 0.506 e. The Morgan fingerprint density at radius 2 is 2.12 bits per heavy atom. The van der Waals surface area contributed by atoms with Gasteiger partial charge in [0.05, 0.1) is 11.5 Å². The van der Waals surface area contributed by atoms with Crippen molar-refractivity contribution in [3.63, 3.8) is 0 Å². The molecular weight excluding hydrogens is 312 g/mol. The van der Waals surface area contributed by atoms with Crippen molar-refractivity contribution in [2.45, 2.75) is 13.8 Å². The van der Waals surface area contributed by atoms with E-state index in [0.717, 1.165) is 0 Å². The van der Waals surface area contributed by atoms with E-state index in [1.165, 1.54) is 18.2 Å². The fourth-order valence-electron chi connectivity index (χ4n) is 2.23. The van der Waals surface area contributed by atoms with Gasteiger partial charge in [0.25, 0.3) is 0 Å². The number of oxazole rings is 1. The summed E-state index contributed by atoms with van der Waals surface area (Å²) in [6.07, 6.45) is 0. The molecule has 1 N–H and O–H groups in total. The number of nitro groups is 1. The highest BCUT2D eigenvalue weighted by Gasteiger charge is 2.19. The Morgan fingerprint density at radius 1 is 1.33 bits per heavy atom. The van der Waals surface area contributed by atoms with Crippen LogP contribution in [0.5, 0.6) is 11.5 Å². The third kappa shape index (κ3) is 3.01. The molecule has 0 spiro atoms. The molecule has 0 saturated carbocycles. The minimum absolute atomic E-state index is 0.00566. The van der Waals surface area contributed by atoms with Gasteiger partial charge in [-0.3, -0.25) is 10.1 Å². The van der Waals surface area contributed by atoms with Gasteiger partial charge in [-0.05, 0) is 30.2 Å². The Balaban J connectivity index is 2.02. The Hall–Kier alpha value is -3.09. The molecule has 3 aromatic rings. The van der Waals surface area contributed by atoms with E-state index in [1.54, 1.807) is 18.2 Å². The van der Waals surface area contributed by atoms with Crippen molar-refractivity contribution in [1.29, 1.82) is 0 Å². The van der Waals surface area contributed by atoms with Crippen molar-refractivity contribution in [2.75, 3.05) is 6.61 Å². The molecule has 3 rings (SSSR count). The zero-order valence-electron chi connectivity index (χ0n) is 13.2. The van der Waals surface area contributed by atoms with E-state index in [9.17, 15) is 15.2 Å². The number of hydrogen-bond acceptors (Lipinski definition) is 6. The molecule has 1 heterocycles. The molecule has 1 aromatic heterocycles. The summed E-state index contributed by atoms with van der Waals surface area (Å²) in [5, 5.41) is 21.1. The van der Waals surface area contributed by atoms with Gasteiger partial charge < -0.3 is 14.3 Å². The average molecular weight is 328 g/mol. The predicted octanol–water partition coefficient (Wildman–Crippen LogP) is 4.14. The van der Waals surface area contributed by atoms with Crippen LogP contribution in [0.1, 0.15) is 13.8 Å². The zero-order chi connectivity index (χ0) is 17.3. The van der Waals surface area contributed by atoms with Crippen LogP contribution in [0, 0.1) is 16.0 Å². The molecule has 0 atom stereocenters. The quantitative estimate of drug-likeness (QED) is 0.558. The second kappa shape index (κ2) is 6.19. The molecule has 0 aliphatic heterocycles. The second-order valence-electron chi connectivity index (χ2n) is 5.79. The molecule has 0 bridgehead atoms. The van der Waals surface area contributed by atoms with Crippen LogP contribution in [0.4, 0.5) is 5.69 Å². The number of hydrogen-bond donors (Lipinski definition) is 1. The molecule has 7 nitrogen and oxygen atoms in total. The Kier molecular flexibility index (Phi) is 4.07. The van der Waals surface area contributed by atoms with Crippen molar-refractivity contribution in [3.05, 3.63) is 46.5 Å². The molecule has 0 radical (unpaired) electrons. The molecule has 0 fully saturated rings. The highest BCUT2D eigenvalue weighted by molar-refractivity contribution is 5.82. The maximum absolute atomic E-state index is 11.3. The second-order valence-corrected chi connectivity index (χ2v) is 5.79. The van der Waals surface area contributed by atoms with Crippen molar-refractivity contribution >= 4 is 16.8 Å². The lowest BCUT2D eigenvalue weighted by Crippen LogP contribution is -2.06. The number of fused-ring (bicyclic) bond motifs is 1. The Morgan fingerprint density at radius 3 is 2.79 bits per heavy atom. The molecule has 0 saturated heterocycles. The average Bonchev–Trinajstić information content (AvgIpc) is 2.98. The fourth-order valence-corrected chi connectivity index (χ4v) is 2.23. The first-order valence-corrected chi connectivity index (χ1v) is 7.46. The van der Waals surface area contributed by atoms with Gasteiger partial charge in [0, 0.05) is 11.6 Å². The van der Waals surface area contributed by atoms with E-state index in [2.05, 4.69) is 4.98 Å². The molecule has 124 valence electrons. The summed E-state index contributed by atoms with van der Waals surface area (Å²) in [6.45, 7) is 4.31. The number of phenols is 1. The van der Waals surface area contributed by atoms with Gasteiger partial charge in [-0.2, -0.15) is 0 Å². The number of aromatic hydroxyl groups is 1. The van der Waals surface area contributed by atoms with E-state index < -0.39 is 4.92 Å². The van der Waals surface area contributed by atoms with Crippen LogP contribution in [0.3, 0.4) is 0 Å². The first-order chi connectivity index (χ1) is 11.5. The van der Waals surface area contributed by atoms with Gasteiger partial charge in [-0.25, -0.2) is 4.98 Å². The van der Waals surface area contributed by atoms with E-state index in [1.807, 2.05) is 13.8 Å². The number of para-hydroxylation sites is 1. The lowest BCUT2D eigenvalue weighted by Gasteiger charge is -2.09. The first kappa shape index (κ1) is 15.8. The monoisotopic (exact) mass is 328 g/mol. The van der Waals surface area contributed by atoms with Crippen LogP contribution in [-0.2, 0) is 0 Å². The topological polar surface area (TPSA) is 98.6 Å². The number of aromatic nitrogens is 1.